The first-order chi connectivity index (χ1) is 10.5. The van der Waals surface area contributed by atoms with Gasteiger partial charge in [-0.1, -0.05) is 12.1 Å². The lowest BCUT2D eigenvalue weighted by Crippen LogP contribution is -2.33. The van der Waals surface area contributed by atoms with Crippen LogP contribution in [0.5, 0.6) is 5.75 Å². The van der Waals surface area contributed by atoms with Gasteiger partial charge in [-0.3, -0.25) is 0 Å². The van der Waals surface area contributed by atoms with Gasteiger partial charge in [0.1, 0.15) is 11.8 Å². The Labute approximate surface area is 130 Å². The fraction of sp³-hybridized carbons (Fsp3) is 0.214. The number of halogens is 2. The topological polar surface area (TPSA) is 84.3 Å². The van der Waals surface area contributed by atoms with E-state index in [2.05, 4.69) is 15.3 Å². The van der Waals surface area contributed by atoms with Crippen LogP contribution in [0.3, 0.4) is 0 Å². The van der Waals surface area contributed by atoms with Crippen LogP contribution in [0, 0.1) is 5.82 Å². The standard InChI is InChI=1S/C14H13ClFN3O3/c1-22-13(21)11(6-8-2-4-9(20)5-3-8)18-12-10(16)7-17-14(15)19-12/h2-5,7,11,20H,6H2,1H3,(H,17,18,19)/t11-/m0/s1. The molecule has 6 nitrogen and oxygen atoms in total. The van der Waals surface area contributed by atoms with Crippen LogP contribution in [0.25, 0.3) is 0 Å². The molecule has 0 aliphatic heterocycles. The number of carbonyl (C=O) groups excluding carboxylic acids is 1. The average molecular weight is 326 g/mol. The summed E-state index contributed by atoms with van der Waals surface area (Å²) in [5.74, 6) is -1.39. The third-order valence-corrected chi connectivity index (χ3v) is 3.07. The van der Waals surface area contributed by atoms with E-state index >= 15 is 0 Å². The van der Waals surface area contributed by atoms with Crippen LogP contribution in [0.1, 0.15) is 5.56 Å². The first kappa shape index (κ1) is 16.0. The summed E-state index contributed by atoms with van der Waals surface area (Å²) < 4.78 is 18.4. The number of benzene rings is 1. The maximum absolute atomic E-state index is 13.7. The summed E-state index contributed by atoms with van der Waals surface area (Å²) in [5.41, 5.74) is 0.751. The fourth-order valence-corrected chi connectivity index (χ4v) is 1.95. The monoisotopic (exact) mass is 325 g/mol. The molecule has 1 atom stereocenters. The lowest BCUT2D eigenvalue weighted by atomic mass is 10.1. The predicted molar refractivity (Wildman–Crippen MR) is 78.2 cm³/mol. The summed E-state index contributed by atoms with van der Waals surface area (Å²) >= 11 is 5.62. The van der Waals surface area contributed by atoms with E-state index in [1.807, 2.05) is 0 Å². The molecule has 0 bridgehead atoms. The molecule has 2 N–H and O–H groups in total. The van der Waals surface area contributed by atoms with Crippen molar-refractivity contribution in [2.45, 2.75) is 12.5 Å². The van der Waals surface area contributed by atoms with Crippen molar-refractivity contribution >= 4 is 23.4 Å². The number of hydrogen-bond donors (Lipinski definition) is 2. The highest BCUT2D eigenvalue weighted by Gasteiger charge is 2.22. The molecule has 0 saturated carbocycles. The van der Waals surface area contributed by atoms with Crippen molar-refractivity contribution in [1.29, 1.82) is 0 Å². The molecule has 0 radical (unpaired) electrons. The summed E-state index contributed by atoms with van der Waals surface area (Å²) in [5, 5.41) is 11.8. The zero-order valence-electron chi connectivity index (χ0n) is 11.6. The Morgan fingerprint density at radius 2 is 2.14 bits per heavy atom. The van der Waals surface area contributed by atoms with Gasteiger partial charge in [0.25, 0.3) is 0 Å². The van der Waals surface area contributed by atoms with Crippen LogP contribution in [-0.2, 0) is 16.0 Å². The summed E-state index contributed by atoms with van der Waals surface area (Å²) in [6, 6.07) is 5.42. The zero-order chi connectivity index (χ0) is 16.1. The average Bonchev–Trinajstić information content (AvgIpc) is 2.51. The molecule has 22 heavy (non-hydrogen) atoms. The van der Waals surface area contributed by atoms with E-state index in [1.54, 1.807) is 12.1 Å². The Hall–Kier alpha value is -2.41. The van der Waals surface area contributed by atoms with Gasteiger partial charge in [0.15, 0.2) is 11.6 Å². The third-order valence-electron chi connectivity index (χ3n) is 2.89. The van der Waals surface area contributed by atoms with E-state index < -0.39 is 17.8 Å². The molecule has 0 aliphatic carbocycles. The molecule has 0 spiro atoms. The fourth-order valence-electron chi connectivity index (χ4n) is 1.82. The molecule has 116 valence electrons. The van der Waals surface area contributed by atoms with Crippen LogP contribution < -0.4 is 5.32 Å². The number of aromatic hydroxyl groups is 1. The Bertz CT molecular complexity index is 667. The van der Waals surface area contributed by atoms with Crippen LogP contribution >= 0.6 is 11.6 Å². The van der Waals surface area contributed by atoms with Crippen LogP contribution in [0.4, 0.5) is 10.2 Å². The van der Waals surface area contributed by atoms with Gasteiger partial charge in [-0.25, -0.2) is 14.2 Å². The number of phenolic OH excluding ortho intramolecular Hbond substituents is 1. The number of aromatic nitrogens is 2. The van der Waals surface area contributed by atoms with Crippen LogP contribution in [0.15, 0.2) is 30.5 Å². The number of nitrogens with zero attached hydrogens (tertiary/aromatic N) is 2. The molecule has 1 heterocycles. The van der Waals surface area contributed by atoms with Gasteiger partial charge in [0.2, 0.25) is 5.28 Å². The smallest absolute Gasteiger partial charge is 0.328 e. The first-order valence-electron chi connectivity index (χ1n) is 6.30. The molecule has 0 amide bonds. The molecular formula is C14H13ClFN3O3. The second kappa shape index (κ2) is 7.04. The summed E-state index contributed by atoms with van der Waals surface area (Å²) in [7, 11) is 1.23. The SMILES string of the molecule is COC(=O)[C@H](Cc1ccc(O)cc1)Nc1nc(Cl)ncc1F. The van der Waals surface area contributed by atoms with Crippen molar-refractivity contribution in [1.82, 2.24) is 9.97 Å². The summed E-state index contributed by atoms with van der Waals surface area (Å²) in [4.78, 5) is 19.1. The second-order valence-electron chi connectivity index (χ2n) is 4.43. The lowest BCUT2D eigenvalue weighted by Gasteiger charge is -2.17. The number of ether oxygens (including phenoxy) is 1. The molecule has 0 fully saturated rings. The molecule has 2 aromatic rings. The van der Waals surface area contributed by atoms with Gasteiger partial charge in [0, 0.05) is 6.42 Å². The van der Waals surface area contributed by atoms with Crippen molar-refractivity contribution in [3.05, 3.63) is 47.1 Å². The highest BCUT2D eigenvalue weighted by atomic mass is 35.5. The first-order valence-corrected chi connectivity index (χ1v) is 6.67. The van der Waals surface area contributed by atoms with Gasteiger partial charge in [0.05, 0.1) is 13.3 Å². The maximum Gasteiger partial charge on any atom is 0.328 e. The highest BCUT2D eigenvalue weighted by molar-refractivity contribution is 6.28. The second-order valence-corrected chi connectivity index (χ2v) is 4.76. The van der Waals surface area contributed by atoms with Crippen molar-refractivity contribution in [3.8, 4) is 5.75 Å². The van der Waals surface area contributed by atoms with Crippen molar-refractivity contribution in [2.75, 3.05) is 12.4 Å². The van der Waals surface area contributed by atoms with Crippen molar-refractivity contribution < 1.29 is 19.0 Å². The van der Waals surface area contributed by atoms with E-state index in [9.17, 15) is 14.3 Å². The number of esters is 1. The van der Waals surface area contributed by atoms with Crippen LogP contribution in [0.2, 0.25) is 5.28 Å². The van der Waals surface area contributed by atoms with E-state index in [4.69, 9.17) is 16.3 Å². The molecule has 0 unspecified atom stereocenters. The molecule has 0 saturated heterocycles. The Morgan fingerprint density at radius 3 is 2.77 bits per heavy atom. The number of nitrogens with one attached hydrogen (secondary N) is 1. The number of carbonyl (C=O) groups is 1. The quantitative estimate of drug-likeness (QED) is 0.647. The molecular weight excluding hydrogens is 313 g/mol. The van der Waals surface area contributed by atoms with Gasteiger partial charge >= 0.3 is 5.97 Å². The van der Waals surface area contributed by atoms with Gasteiger partial charge in [-0.2, -0.15) is 4.98 Å². The molecule has 1 aromatic heterocycles. The number of anilines is 1. The minimum atomic E-state index is -0.866. The van der Waals surface area contributed by atoms with E-state index in [0.717, 1.165) is 11.8 Å². The maximum atomic E-state index is 13.7. The van der Waals surface area contributed by atoms with E-state index in [-0.39, 0.29) is 23.3 Å². The number of rotatable bonds is 5. The predicted octanol–water partition coefficient (Wildman–Crippen LogP) is 2.17. The van der Waals surface area contributed by atoms with Gasteiger partial charge < -0.3 is 15.2 Å². The lowest BCUT2D eigenvalue weighted by molar-refractivity contribution is -0.141. The summed E-state index contributed by atoms with van der Waals surface area (Å²) in [6.45, 7) is 0. The normalized spacial score (nSPS) is 11.8. The summed E-state index contributed by atoms with van der Waals surface area (Å²) in [6.07, 6.45) is 1.13. The Balaban J connectivity index is 2.21. The molecule has 1 aromatic carbocycles. The van der Waals surface area contributed by atoms with Gasteiger partial charge in [-0.05, 0) is 29.3 Å². The number of methoxy groups -OCH3 is 1. The van der Waals surface area contributed by atoms with Gasteiger partial charge in [-0.15, -0.1) is 0 Å². The van der Waals surface area contributed by atoms with Crippen molar-refractivity contribution in [2.24, 2.45) is 0 Å². The third kappa shape index (κ3) is 4.05. The molecule has 2 rings (SSSR count). The Morgan fingerprint density at radius 1 is 1.45 bits per heavy atom. The van der Waals surface area contributed by atoms with Crippen molar-refractivity contribution in [3.63, 3.8) is 0 Å². The largest absolute Gasteiger partial charge is 0.508 e. The molecule has 0 aliphatic rings. The molecule has 8 heteroatoms. The van der Waals surface area contributed by atoms with Crippen LogP contribution in [-0.4, -0.2) is 34.2 Å². The van der Waals surface area contributed by atoms with E-state index in [1.165, 1.54) is 19.2 Å². The Kier molecular flexibility index (Phi) is 5.11. The number of phenols is 1. The minimum Gasteiger partial charge on any atom is -0.508 e. The minimum absolute atomic E-state index is 0.111. The van der Waals surface area contributed by atoms with E-state index in [0.29, 0.717) is 0 Å². The number of hydrogen-bond acceptors (Lipinski definition) is 6. The zero-order valence-corrected chi connectivity index (χ0v) is 12.3. The highest BCUT2D eigenvalue weighted by Crippen LogP contribution is 2.17.